The maximum absolute atomic E-state index is 12.3. The van der Waals surface area contributed by atoms with Crippen LogP contribution in [0.4, 0.5) is 4.79 Å². The van der Waals surface area contributed by atoms with Gasteiger partial charge in [-0.25, -0.2) is 17.9 Å². The van der Waals surface area contributed by atoms with Crippen molar-refractivity contribution >= 4 is 16.1 Å². The van der Waals surface area contributed by atoms with Crippen molar-refractivity contribution in [2.75, 3.05) is 19.7 Å². The highest BCUT2D eigenvalue weighted by Gasteiger charge is 2.39. The third-order valence-corrected chi connectivity index (χ3v) is 5.24. The Morgan fingerprint density at radius 3 is 2.95 bits per heavy atom. The second kappa shape index (κ2) is 4.67. The zero-order chi connectivity index (χ0) is 14.3. The molecule has 0 bridgehead atoms. The van der Waals surface area contributed by atoms with Crippen LogP contribution in [0.2, 0.25) is 0 Å². The number of aromatic nitrogens is 1. The van der Waals surface area contributed by atoms with Gasteiger partial charge in [0.25, 0.3) is 0 Å². The lowest BCUT2D eigenvalue weighted by Gasteiger charge is -2.16. The van der Waals surface area contributed by atoms with Crippen molar-refractivity contribution in [1.29, 1.82) is 0 Å². The molecule has 3 rings (SSSR count). The topological polar surface area (TPSA) is 112 Å². The van der Waals surface area contributed by atoms with Crippen LogP contribution >= 0.6 is 0 Å². The molecule has 8 nitrogen and oxygen atoms in total. The van der Waals surface area contributed by atoms with Gasteiger partial charge >= 0.3 is 6.09 Å². The van der Waals surface area contributed by atoms with Crippen LogP contribution in [-0.4, -0.2) is 55.2 Å². The first kappa shape index (κ1) is 13.3. The van der Waals surface area contributed by atoms with Crippen molar-refractivity contribution in [2.24, 2.45) is 5.92 Å². The van der Waals surface area contributed by atoms with E-state index in [1.807, 2.05) is 0 Å². The lowest BCUT2D eigenvalue weighted by molar-refractivity contribution is 0.153. The molecule has 2 aliphatic heterocycles. The van der Waals surface area contributed by atoms with Gasteiger partial charge in [-0.05, 0) is 12.3 Å². The highest BCUT2D eigenvalue weighted by atomic mass is 32.2. The lowest BCUT2D eigenvalue weighted by Crippen LogP contribution is -2.40. The van der Waals surface area contributed by atoms with Gasteiger partial charge < -0.3 is 19.7 Å². The fourth-order valence-electron chi connectivity index (χ4n) is 2.69. The Morgan fingerprint density at radius 2 is 2.20 bits per heavy atom. The molecular formula is C11H15N3O5S. The van der Waals surface area contributed by atoms with Crippen LogP contribution in [0.5, 0.6) is 5.75 Å². The molecule has 1 saturated heterocycles. The number of hydrogen-bond acceptors (Lipinski definition) is 4. The molecule has 110 valence electrons. The molecule has 1 amide bonds. The van der Waals surface area contributed by atoms with Gasteiger partial charge in [-0.15, -0.1) is 0 Å². The summed E-state index contributed by atoms with van der Waals surface area (Å²) in [5.41, 5.74) is 0. The minimum absolute atomic E-state index is 0.0620. The van der Waals surface area contributed by atoms with Crippen molar-refractivity contribution in [3.05, 3.63) is 12.4 Å². The van der Waals surface area contributed by atoms with Crippen LogP contribution in [0.1, 0.15) is 6.42 Å². The Kier molecular flexibility index (Phi) is 3.09. The molecule has 3 heterocycles. The number of nitrogens with one attached hydrogen (secondary N) is 2. The fraction of sp³-hybridized carbons (Fsp3) is 0.545. The van der Waals surface area contributed by atoms with Gasteiger partial charge in [-0.1, -0.05) is 0 Å². The summed E-state index contributed by atoms with van der Waals surface area (Å²) in [7, 11) is -3.71. The minimum atomic E-state index is -3.71. The number of carbonyl (C=O) groups is 1. The average molecular weight is 301 g/mol. The van der Waals surface area contributed by atoms with E-state index in [1.165, 1.54) is 17.3 Å². The molecule has 20 heavy (non-hydrogen) atoms. The summed E-state index contributed by atoms with van der Waals surface area (Å²) in [6, 6.07) is -0.416. The Bertz CT molecular complexity index is 626. The van der Waals surface area contributed by atoms with Crippen LogP contribution in [0.3, 0.4) is 0 Å². The van der Waals surface area contributed by atoms with Crippen LogP contribution in [0, 0.1) is 5.92 Å². The van der Waals surface area contributed by atoms with E-state index in [1.54, 1.807) is 0 Å². The van der Waals surface area contributed by atoms with E-state index in [0.29, 0.717) is 25.3 Å². The SMILES string of the molecule is O=C(O)N1CC2CCOc3c[nH]cc3S(=O)(=O)NC2C1. The van der Waals surface area contributed by atoms with E-state index in [-0.39, 0.29) is 17.4 Å². The molecule has 2 unspecified atom stereocenters. The molecule has 1 fully saturated rings. The van der Waals surface area contributed by atoms with Gasteiger partial charge in [0, 0.05) is 31.5 Å². The molecule has 1 aromatic rings. The van der Waals surface area contributed by atoms with Crippen molar-refractivity contribution in [3.63, 3.8) is 0 Å². The maximum Gasteiger partial charge on any atom is 0.407 e. The molecule has 9 heteroatoms. The molecular weight excluding hydrogens is 286 g/mol. The summed E-state index contributed by atoms with van der Waals surface area (Å²) >= 11 is 0. The monoisotopic (exact) mass is 301 g/mol. The summed E-state index contributed by atoms with van der Waals surface area (Å²) < 4.78 is 32.7. The van der Waals surface area contributed by atoms with Gasteiger partial charge in [0.1, 0.15) is 4.90 Å². The summed E-state index contributed by atoms with van der Waals surface area (Å²) in [6.07, 6.45) is 2.43. The number of aromatic amines is 1. The number of likely N-dealkylation sites (tertiary alicyclic amines) is 1. The summed E-state index contributed by atoms with van der Waals surface area (Å²) in [4.78, 5) is 15.0. The van der Waals surface area contributed by atoms with Gasteiger partial charge in [0.15, 0.2) is 5.75 Å². The number of carboxylic acid groups (broad SMARTS) is 1. The number of hydrogen-bond donors (Lipinski definition) is 3. The van der Waals surface area contributed by atoms with Gasteiger partial charge in [-0.2, -0.15) is 0 Å². The van der Waals surface area contributed by atoms with Gasteiger partial charge in [0.2, 0.25) is 10.0 Å². The van der Waals surface area contributed by atoms with Crippen molar-refractivity contribution in [2.45, 2.75) is 17.4 Å². The summed E-state index contributed by atoms with van der Waals surface area (Å²) in [5, 5.41) is 9.02. The number of amides is 1. The van der Waals surface area contributed by atoms with Crippen molar-refractivity contribution in [1.82, 2.24) is 14.6 Å². The number of H-pyrrole nitrogens is 1. The van der Waals surface area contributed by atoms with E-state index in [2.05, 4.69) is 9.71 Å². The van der Waals surface area contributed by atoms with E-state index in [0.717, 1.165) is 0 Å². The Hall–Kier alpha value is -1.74. The Labute approximate surface area is 115 Å². The van der Waals surface area contributed by atoms with E-state index >= 15 is 0 Å². The fourth-order valence-corrected chi connectivity index (χ4v) is 4.09. The van der Waals surface area contributed by atoms with Gasteiger partial charge in [0.05, 0.1) is 6.61 Å². The summed E-state index contributed by atoms with van der Waals surface area (Å²) in [5.74, 6) is 0.224. The molecule has 0 saturated carbocycles. The first-order valence-electron chi connectivity index (χ1n) is 6.27. The Balaban J connectivity index is 1.90. The zero-order valence-corrected chi connectivity index (χ0v) is 11.4. The third-order valence-electron chi connectivity index (χ3n) is 3.73. The second-order valence-corrected chi connectivity index (χ2v) is 6.68. The molecule has 1 aromatic heterocycles. The first-order chi connectivity index (χ1) is 9.47. The van der Waals surface area contributed by atoms with Crippen LogP contribution < -0.4 is 9.46 Å². The predicted molar refractivity (Wildman–Crippen MR) is 68.1 cm³/mol. The average Bonchev–Trinajstić information content (AvgIpc) is 2.96. The quantitative estimate of drug-likeness (QED) is 0.627. The van der Waals surface area contributed by atoms with E-state index < -0.39 is 22.2 Å². The van der Waals surface area contributed by atoms with Crippen LogP contribution in [-0.2, 0) is 10.0 Å². The highest BCUT2D eigenvalue weighted by Crippen LogP contribution is 2.29. The molecule has 0 aliphatic carbocycles. The van der Waals surface area contributed by atoms with Crippen molar-refractivity contribution < 1.29 is 23.1 Å². The number of rotatable bonds is 0. The normalized spacial score (nSPS) is 28.5. The number of nitrogens with zero attached hydrogens (tertiary/aromatic N) is 1. The number of fused-ring (bicyclic) bond motifs is 2. The minimum Gasteiger partial charge on any atom is -0.491 e. The Morgan fingerprint density at radius 1 is 1.40 bits per heavy atom. The lowest BCUT2D eigenvalue weighted by atomic mass is 10.0. The van der Waals surface area contributed by atoms with Crippen molar-refractivity contribution in [3.8, 4) is 5.75 Å². The molecule has 2 aliphatic rings. The number of sulfonamides is 1. The zero-order valence-electron chi connectivity index (χ0n) is 10.6. The summed E-state index contributed by atoms with van der Waals surface area (Å²) in [6.45, 7) is 0.845. The largest absolute Gasteiger partial charge is 0.491 e. The molecule has 3 N–H and O–H groups in total. The first-order valence-corrected chi connectivity index (χ1v) is 7.75. The molecule has 0 radical (unpaired) electrons. The van der Waals surface area contributed by atoms with E-state index in [9.17, 15) is 13.2 Å². The van der Waals surface area contributed by atoms with E-state index in [4.69, 9.17) is 9.84 Å². The molecule has 0 spiro atoms. The predicted octanol–water partition coefficient (Wildman–Crippen LogP) is 0.0539. The number of ether oxygens (including phenoxy) is 1. The maximum atomic E-state index is 12.3. The second-order valence-electron chi connectivity index (χ2n) is 5.00. The smallest absolute Gasteiger partial charge is 0.407 e. The highest BCUT2D eigenvalue weighted by molar-refractivity contribution is 7.89. The molecule has 0 aromatic carbocycles. The van der Waals surface area contributed by atoms with Gasteiger partial charge in [-0.3, -0.25) is 0 Å². The standard InChI is InChI=1S/C11H15N3O5S/c15-11(16)14-5-7-1-2-19-9-3-12-4-10(9)20(17,18)13-8(7)6-14/h3-4,7-8,12-13H,1-2,5-6H2,(H,15,16). The van der Waals surface area contributed by atoms with Crippen LogP contribution in [0.15, 0.2) is 17.3 Å². The molecule has 2 atom stereocenters. The van der Waals surface area contributed by atoms with Crippen LogP contribution in [0.25, 0.3) is 0 Å². The third kappa shape index (κ3) is 2.22.